The molecule has 0 aliphatic heterocycles. The van der Waals surface area contributed by atoms with E-state index in [1.54, 1.807) is 24.8 Å². The van der Waals surface area contributed by atoms with E-state index >= 15 is 0 Å². The van der Waals surface area contributed by atoms with Gasteiger partial charge >= 0.3 is 0 Å². The Morgan fingerprint density at radius 1 is 1.14 bits per heavy atom. The molecule has 0 saturated carbocycles. The molecule has 7 nitrogen and oxygen atoms in total. The molecule has 0 bridgehead atoms. The quantitative estimate of drug-likeness (QED) is 0.663. The van der Waals surface area contributed by atoms with Crippen LogP contribution in [0.1, 0.15) is 37.0 Å². The fourth-order valence-corrected chi connectivity index (χ4v) is 2.77. The third-order valence-corrected chi connectivity index (χ3v) is 4.41. The molecular weight excluding hydrogens is 356 g/mol. The van der Waals surface area contributed by atoms with E-state index in [9.17, 15) is 4.79 Å². The molecule has 0 aliphatic rings. The van der Waals surface area contributed by atoms with Gasteiger partial charge in [-0.3, -0.25) is 4.79 Å². The summed E-state index contributed by atoms with van der Waals surface area (Å²) in [4.78, 5) is 17.5. The van der Waals surface area contributed by atoms with E-state index in [0.717, 1.165) is 17.0 Å². The Balaban J connectivity index is 2.10. The van der Waals surface area contributed by atoms with Crippen molar-refractivity contribution in [1.29, 1.82) is 0 Å². The van der Waals surface area contributed by atoms with E-state index in [2.05, 4.69) is 31.2 Å². The Morgan fingerprint density at radius 3 is 2.46 bits per heavy atom. The summed E-state index contributed by atoms with van der Waals surface area (Å²) in [6.45, 7) is 7.11. The molecule has 1 aromatic carbocycles. The molecule has 0 atom stereocenters. The average Bonchev–Trinajstić information content (AvgIpc) is 3.12. The van der Waals surface area contributed by atoms with Crippen LogP contribution in [0.3, 0.4) is 0 Å². The van der Waals surface area contributed by atoms with Gasteiger partial charge < -0.3 is 14.8 Å². The van der Waals surface area contributed by atoms with Gasteiger partial charge in [0.05, 0.1) is 25.1 Å². The monoisotopic (exact) mass is 382 g/mol. The first-order valence-electron chi connectivity index (χ1n) is 9.16. The van der Waals surface area contributed by atoms with Gasteiger partial charge in [0.25, 0.3) is 5.91 Å². The molecule has 28 heavy (non-hydrogen) atoms. The second kappa shape index (κ2) is 7.98. The van der Waals surface area contributed by atoms with E-state index in [4.69, 9.17) is 14.5 Å². The number of benzene rings is 1. The van der Waals surface area contributed by atoms with Crippen molar-refractivity contribution >= 4 is 11.6 Å². The lowest BCUT2D eigenvalue weighted by Crippen LogP contribution is -2.29. The summed E-state index contributed by atoms with van der Waals surface area (Å²) in [7, 11) is 3.23. The van der Waals surface area contributed by atoms with E-state index in [-0.39, 0.29) is 11.3 Å². The number of carbonyl (C=O) groups excluding carboxylic acids is 1. The predicted molar refractivity (Wildman–Crippen MR) is 108 cm³/mol. The van der Waals surface area contributed by atoms with Gasteiger partial charge in [-0.05, 0) is 30.3 Å². The second-order valence-corrected chi connectivity index (χ2v) is 7.55. The summed E-state index contributed by atoms with van der Waals surface area (Å²) in [5.41, 5.74) is 3.38. The van der Waals surface area contributed by atoms with E-state index in [1.165, 1.54) is 0 Å². The maximum Gasteiger partial charge on any atom is 0.270 e. The molecule has 7 heteroatoms. The third kappa shape index (κ3) is 4.14. The van der Waals surface area contributed by atoms with Crippen molar-refractivity contribution in [3.8, 4) is 17.0 Å². The molecule has 0 fully saturated rings. The van der Waals surface area contributed by atoms with Crippen LogP contribution in [0, 0.1) is 0 Å². The topological polar surface area (TPSA) is 77.8 Å². The van der Waals surface area contributed by atoms with Gasteiger partial charge in [-0.25, -0.2) is 9.50 Å². The van der Waals surface area contributed by atoms with Crippen molar-refractivity contribution in [3.05, 3.63) is 47.8 Å². The molecule has 148 valence electrons. The molecular formula is C21H26N4O3. The number of ether oxygens (including phenoxy) is 2. The largest absolute Gasteiger partial charge is 0.497 e. The number of aromatic nitrogens is 3. The Bertz CT molecular complexity index is 972. The van der Waals surface area contributed by atoms with Crippen LogP contribution in [0.5, 0.6) is 5.75 Å². The maximum absolute atomic E-state index is 12.8. The molecule has 0 spiro atoms. The van der Waals surface area contributed by atoms with Crippen molar-refractivity contribution in [2.45, 2.75) is 26.2 Å². The van der Waals surface area contributed by atoms with Crippen molar-refractivity contribution in [2.75, 3.05) is 27.4 Å². The summed E-state index contributed by atoms with van der Waals surface area (Å²) < 4.78 is 11.8. The Morgan fingerprint density at radius 2 is 1.86 bits per heavy atom. The molecule has 0 aliphatic carbocycles. The predicted octanol–water partition coefficient (Wildman–Crippen LogP) is 3.08. The minimum absolute atomic E-state index is 0.155. The molecule has 0 unspecified atom stereocenters. The standard InChI is InChI=1S/C21H26N4O3/c1-21(2,3)18-13-19-23-16(14-6-8-15(28-5)9-7-14)12-17(25(19)24-18)20(26)22-10-11-27-4/h6-9,12-13H,10-11H2,1-5H3,(H,22,26). The van der Waals surface area contributed by atoms with Gasteiger partial charge in [-0.2, -0.15) is 5.10 Å². The lowest BCUT2D eigenvalue weighted by atomic mass is 9.93. The molecule has 0 saturated heterocycles. The lowest BCUT2D eigenvalue weighted by molar-refractivity contribution is 0.0929. The highest BCUT2D eigenvalue weighted by molar-refractivity contribution is 5.94. The van der Waals surface area contributed by atoms with Crippen LogP contribution in [-0.2, 0) is 10.2 Å². The SMILES string of the molecule is COCCNC(=O)c1cc(-c2ccc(OC)cc2)nc2cc(C(C)(C)C)nn12. The summed E-state index contributed by atoms with van der Waals surface area (Å²) in [5, 5.41) is 7.50. The Kier molecular flexibility index (Phi) is 5.65. The fraction of sp³-hybridized carbons (Fsp3) is 0.381. The third-order valence-electron chi connectivity index (χ3n) is 4.41. The van der Waals surface area contributed by atoms with Crippen LogP contribution in [-0.4, -0.2) is 47.9 Å². The van der Waals surface area contributed by atoms with Crippen LogP contribution >= 0.6 is 0 Å². The van der Waals surface area contributed by atoms with Crippen LogP contribution in [0.2, 0.25) is 0 Å². The minimum Gasteiger partial charge on any atom is -0.497 e. The first kappa shape index (κ1) is 19.8. The molecule has 3 aromatic rings. The number of hydrogen-bond acceptors (Lipinski definition) is 5. The maximum atomic E-state index is 12.8. The summed E-state index contributed by atoms with van der Waals surface area (Å²) in [6, 6.07) is 11.3. The minimum atomic E-state index is -0.220. The molecule has 2 aromatic heterocycles. The molecule has 3 rings (SSSR count). The van der Waals surface area contributed by atoms with Crippen molar-refractivity contribution in [2.24, 2.45) is 0 Å². The molecule has 0 radical (unpaired) electrons. The van der Waals surface area contributed by atoms with Crippen LogP contribution in [0.4, 0.5) is 0 Å². The van der Waals surface area contributed by atoms with E-state index in [1.807, 2.05) is 30.3 Å². The fourth-order valence-electron chi connectivity index (χ4n) is 2.77. The number of carbonyl (C=O) groups is 1. The number of hydrogen-bond donors (Lipinski definition) is 1. The van der Waals surface area contributed by atoms with Crippen LogP contribution < -0.4 is 10.1 Å². The number of rotatable bonds is 6. The zero-order valence-electron chi connectivity index (χ0n) is 16.9. The molecule has 1 N–H and O–H groups in total. The van der Waals surface area contributed by atoms with Gasteiger partial charge in [-0.15, -0.1) is 0 Å². The molecule has 1 amide bonds. The zero-order valence-corrected chi connectivity index (χ0v) is 16.9. The van der Waals surface area contributed by atoms with Crippen molar-refractivity contribution < 1.29 is 14.3 Å². The van der Waals surface area contributed by atoms with Gasteiger partial charge in [0.15, 0.2) is 5.65 Å². The van der Waals surface area contributed by atoms with Gasteiger partial charge in [-0.1, -0.05) is 20.8 Å². The van der Waals surface area contributed by atoms with Crippen LogP contribution in [0.25, 0.3) is 16.9 Å². The number of methoxy groups -OCH3 is 2. The van der Waals surface area contributed by atoms with E-state index in [0.29, 0.717) is 30.2 Å². The second-order valence-electron chi connectivity index (χ2n) is 7.55. The van der Waals surface area contributed by atoms with Gasteiger partial charge in [0.1, 0.15) is 11.4 Å². The Labute approximate surface area is 164 Å². The first-order valence-corrected chi connectivity index (χ1v) is 9.16. The summed E-state index contributed by atoms with van der Waals surface area (Å²) in [5.74, 6) is 0.546. The Hall–Kier alpha value is -2.93. The highest BCUT2D eigenvalue weighted by Crippen LogP contribution is 2.26. The lowest BCUT2D eigenvalue weighted by Gasteiger charge is -2.13. The van der Waals surface area contributed by atoms with E-state index < -0.39 is 0 Å². The smallest absolute Gasteiger partial charge is 0.270 e. The first-order chi connectivity index (χ1) is 13.3. The van der Waals surface area contributed by atoms with Crippen molar-refractivity contribution in [3.63, 3.8) is 0 Å². The van der Waals surface area contributed by atoms with Gasteiger partial charge in [0, 0.05) is 30.7 Å². The van der Waals surface area contributed by atoms with Crippen LogP contribution in [0.15, 0.2) is 36.4 Å². The normalized spacial score (nSPS) is 11.6. The number of fused-ring (bicyclic) bond motifs is 1. The van der Waals surface area contributed by atoms with Gasteiger partial charge in [0.2, 0.25) is 0 Å². The van der Waals surface area contributed by atoms with Crippen molar-refractivity contribution in [1.82, 2.24) is 19.9 Å². The number of nitrogens with one attached hydrogen (secondary N) is 1. The highest BCUT2D eigenvalue weighted by atomic mass is 16.5. The number of nitrogens with zero attached hydrogens (tertiary/aromatic N) is 3. The highest BCUT2D eigenvalue weighted by Gasteiger charge is 2.22. The molecule has 2 heterocycles. The summed E-state index contributed by atoms with van der Waals surface area (Å²) >= 11 is 0. The number of amides is 1. The zero-order chi connectivity index (χ0) is 20.3. The average molecular weight is 382 g/mol. The summed E-state index contributed by atoms with van der Waals surface area (Å²) in [6.07, 6.45) is 0.